The number of pyridine rings is 1. The Morgan fingerprint density at radius 3 is 2.83 bits per heavy atom. The maximum atomic E-state index is 11.5. The van der Waals surface area contributed by atoms with Gasteiger partial charge in [0.15, 0.2) is 0 Å². The lowest BCUT2D eigenvalue weighted by Gasteiger charge is -2.11. The highest BCUT2D eigenvalue weighted by atomic mass is 16.5. The van der Waals surface area contributed by atoms with E-state index in [1.165, 1.54) is 0 Å². The number of amides is 1. The summed E-state index contributed by atoms with van der Waals surface area (Å²) in [6, 6.07) is 3.91. The number of nitrogens with one attached hydrogen (secondary N) is 1. The summed E-state index contributed by atoms with van der Waals surface area (Å²) in [6.45, 7) is 5.39. The highest BCUT2D eigenvalue weighted by Crippen LogP contribution is 2.07. The fourth-order valence-corrected chi connectivity index (χ4v) is 2.01. The molecule has 2 heterocycles. The van der Waals surface area contributed by atoms with Crippen LogP contribution >= 0.6 is 0 Å². The van der Waals surface area contributed by atoms with E-state index in [0.29, 0.717) is 13.2 Å². The van der Waals surface area contributed by atoms with Gasteiger partial charge in [-0.2, -0.15) is 0 Å². The summed E-state index contributed by atoms with van der Waals surface area (Å²) in [7, 11) is 0. The van der Waals surface area contributed by atoms with Crippen molar-refractivity contribution in [2.45, 2.75) is 32.9 Å². The van der Waals surface area contributed by atoms with E-state index >= 15 is 0 Å². The lowest BCUT2D eigenvalue weighted by atomic mass is 10.2. The van der Waals surface area contributed by atoms with Crippen molar-refractivity contribution < 1.29 is 14.3 Å². The summed E-state index contributed by atoms with van der Waals surface area (Å²) < 4.78 is 10.3. The Labute approximate surface area is 107 Å². The number of carbonyl (C=O) groups is 1. The first kappa shape index (κ1) is 12.8. The molecule has 5 nitrogen and oxygen atoms in total. The molecule has 0 bridgehead atoms. The van der Waals surface area contributed by atoms with Crippen molar-refractivity contribution in [1.82, 2.24) is 10.3 Å². The Morgan fingerprint density at radius 1 is 1.50 bits per heavy atom. The third kappa shape index (κ3) is 3.70. The molecule has 0 radical (unpaired) electrons. The molecule has 1 N–H and O–H groups in total. The lowest BCUT2D eigenvalue weighted by Crippen LogP contribution is -2.35. The summed E-state index contributed by atoms with van der Waals surface area (Å²) in [6.07, 6.45) is 0.459. The number of aromatic nitrogens is 1. The van der Waals surface area contributed by atoms with Crippen molar-refractivity contribution in [1.29, 1.82) is 0 Å². The maximum absolute atomic E-state index is 11.5. The van der Waals surface area contributed by atoms with Crippen LogP contribution in [0.15, 0.2) is 12.1 Å². The van der Waals surface area contributed by atoms with Crippen LogP contribution in [0.25, 0.3) is 0 Å². The van der Waals surface area contributed by atoms with Gasteiger partial charge < -0.3 is 14.8 Å². The molecular weight excluding hydrogens is 232 g/mol. The monoisotopic (exact) mass is 250 g/mol. The lowest BCUT2D eigenvalue weighted by molar-refractivity contribution is 0.132. The molecule has 1 aromatic rings. The zero-order valence-corrected chi connectivity index (χ0v) is 10.7. The summed E-state index contributed by atoms with van der Waals surface area (Å²) in [4.78, 5) is 15.8. The smallest absolute Gasteiger partial charge is 0.407 e. The first-order valence-electron chi connectivity index (χ1n) is 6.08. The van der Waals surface area contributed by atoms with E-state index in [1.807, 2.05) is 26.0 Å². The normalized spacial score (nSPS) is 18.7. The highest BCUT2D eigenvalue weighted by molar-refractivity contribution is 5.67. The van der Waals surface area contributed by atoms with Gasteiger partial charge in [-0.05, 0) is 38.0 Å². The molecule has 1 amide bonds. The van der Waals surface area contributed by atoms with Crippen LogP contribution in [0.5, 0.6) is 0 Å². The average molecular weight is 250 g/mol. The van der Waals surface area contributed by atoms with Gasteiger partial charge in [-0.25, -0.2) is 4.79 Å². The van der Waals surface area contributed by atoms with Gasteiger partial charge in [0.05, 0.1) is 12.6 Å². The first-order chi connectivity index (χ1) is 8.63. The van der Waals surface area contributed by atoms with Crippen molar-refractivity contribution in [2.75, 3.05) is 13.2 Å². The molecule has 2 rings (SSSR count). The first-order valence-corrected chi connectivity index (χ1v) is 6.08. The molecule has 1 aromatic heterocycles. The van der Waals surface area contributed by atoms with Crippen LogP contribution in [0.4, 0.5) is 4.79 Å². The SMILES string of the molecule is Cc1cc(COC(=O)NC2CCOC2)cc(C)n1. The Bertz CT molecular complexity index is 408. The van der Waals surface area contributed by atoms with Gasteiger partial charge in [0.1, 0.15) is 6.61 Å². The van der Waals surface area contributed by atoms with Crippen LogP contribution in [-0.2, 0) is 16.1 Å². The van der Waals surface area contributed by atoms with Crippen molar-refractivity contribution in [3.05, 3.63) is 29.1 Å². The second-order valence-electron chi connectivity index (χ2n) is 4.54. The molecule has 0 saturated carbocycles. The van der Waals surface area contributed by atoms with Crippen LogP contribution in [0, 0.1) is 13.8 Å². The Morgan fingerprint density at radius 2 is 2.22 bits per heavy atom. The molecule has 1 saturated heterocycles. The number of ether oxygens (including phenoxy) is 2. The van der Waals surface area contributed by atoms with Gasteiger partial charge in [0.25, 0.3) is 0 Å². The van der Waals surface area contributed by atoms with E-state index in [1.54, 1.807) is 0 Å². The van der Waals surface area contributed by atoms with Crippen molar-refractivity contribution >= 4 is 6.09 Å². The molecule has 1 aliphatic heterocycles. The third-order valence-electron chi connectivity index (χ3n) is 2.76. The van der Waals surface area contributed by atoms with E-state index in [4.69, 9.17) is 9.47 Å². The molecule has 5 heteroatoms. The molecule has 1 fully saturated rings. The van der Waals surface area contributed by atoms with Gasteiger partial charge >= 0.3 is 6.09 Å². The van der Waals surface area contributed by atoms with Crippen LogP contribution in [0.2, 0.25) is 0 Å². The van der Waals surface area contributed by atoms with E-state index < -0.39 is 6.09 Å². The predicted octanol–water partition coefficient (Wildman–Crippen LogP) is 1.71. The Balaban J connectivity index is 1.81. The number of nitrogens with zero attached hydrogens (tertiary/aromatic N) is 1. The molecular formula is C13H18N2O3. The number of hydrogen-bond donors (Lipinski definition) is 1. The molecule has 0 aromatic carbocycles. The maximum Gasteiger partial charge on any atom is 0.407 e. The minimum Gasteiger partial charge on any atom is -0.445 e. The van der Waals surface area contributed by atoms with Gasteiger partial charge in [0.2, 0.25) is 0 Å². The van der Waals surface area contributed by atoms with E-state index in [2.05, 4.69) is 10.3 Å². The second kappa shape index (κ2) is 5.82. The number of alkyl carbamates (subject to hydrolysis) is 1. The number of hydrogen-bond acceptors (Lipinski definition) is 4. The minimum atomic E-state index is -0.391. The zero-order valence-electron chi connectivity index (χ0n) is 10.7. The molecule has 1 atom stereocenters. The van der Waals surface area contributed by atoms with Crippen molar-refractivity contribution in [3.8, 4) is 0 Å². The Hall–Kier alpha value is -1.62. The van der Waals surface area contributed by atoms with E-state index in [0.717, 1.165) is 23.4 Å². The van der Waals surface area contributed by atoms with E-state index in [-0.39, 0.29) is 12.6 Å². The topological polar surface area (TPSA) is 60.5 Å². The van der Waals surface area contributed by atoms with E-state index in [9.17, 15) is 4.79 Å². The molecule has 98 valence electrons. The second-order valence-corrected chi connectivity index (χ2v) is 4.54. The van der Waals surface area contributed by atoms with Gasteiger partial charge in [-0.1, -0.05) is 0 Å². The average Bonchev–Trinajstić information content (AvgIpc) is 2.78. The van der Waals surface area contributed by atoms with Crippen LogP contribution in [0.1, 0.15) is 23.4 Å². The minimum absolute atomic E-state index is 0.0819. The number of aryl methyl sites for hydroxylation is 2. The highest BCUT2D eigenvalue weighted by Gasteiger charge is 2.18. The van der Waals surface area contributed by atoms with Gasteiger partial charge in [-0.3, -0.25) is 4.98 Å². The van der Waals surface area contributed by atoms with Crippen molar-refractivity contribution in [3.63, 3.8) is 0 Å². The molecule has 0 aliphatic carbocycles. The van der Waals surface area contributed by atoms with Crippen molar-refractivity contribution in [2.24, 2.45) is 0 Å². The summed E-state index contributed by atoms with van der Waals surface area (Å²) in [5, 5.41) is 2.78. The Kier molecular flexibility index (Phi) is 4.15. The van der Waals surface area contributed by atoms with Crippen LogP contribution in [-0.4, -0.2) is 30.3 Å². The largest absolute Gasteiger partial charge is 0.445 e. The van der Waals surface area contributed by atoms with Gasteiger partial charge in [-0.15, -0.1) is 0 Å². The molecule has 18 heavy (non-hydrogen) atoms. The fraction of sp³-hybridized carbons (Fsp3) is 0.538. The predicted molar refractivity (Wildman–Crippen MR) is 66.3 cm³/mol. The zero-order chi connectivity index (χ0) is 13.0. The third-order valence-corrected chi connectivity index (χ3v) is 2.76. The fourth-order valence-electron chi connectivity index (χ4n) is 2.01. The number of rotatable bonds is 3. The summed E-state index contributed by atoms with van der Waals surface area (Å²) >= 11 is 0. The van der Waals surface area contributed by atoms with Crippen LogP contribution in [0.3, 0.4) is 0 Å². The molecule has 1 unspecified atom stereocenters. The van der Waals surface area contributed by atoms with Crippen LogP contribution < -0.4 is 5.32 Å². The standard InChI is InChI=1S/C13H18N2O3/c1-9-5-11(6-10(2)14-9)7-18-13(16)15-12-3-4-17-8-12/h5-6,12H,3-4,7-8H2,1-2H3,(H,15,16). The molecule has 0 spiro atoms. The van der Waals surface area contributed by atoms with Gasteiger partial charge in [0, 0.05) is 18.0 Å². The summed E-state index contributed by atoms with van der Waals surface area (Å²) in [5.41, 5.74) is 2.81. The summed E-state index contributed by atoms with van der Waals surface area (Å²) in [5.74, 6) is 0. The number of carbonyl (C=O) groups excluding carboxylic acids is 1. The molecule has 1 aliphatic rings. The quantitative estimate of drug-likeness (QED) is 0.887.